The van der Waals surface area contributed by atoms with Crippen molar-refractivity contribution in [3.8, 4) is 11.6 Å². The van der Waals surface area contributed by atoms with Crippen molar-refractivity contribution in [1.29, 1.82) is 0 Å². The number of amides is 1. The number of nitrogens with zero attached hydrogens (tertiary/aromatic N) is 7. The minimum Gasteiger partial charge on any atom is -0.448 e. The van der Waals surface area contributed by atoms with E-state index in [0.29, 0.717) is 37.7 Å². The van der Waals surface area contributed by atoms with Gasteiger partial charge in [-0.15, -0.1) is 10.2 Å². The summed E-state index contributed by atoms with van der Waals surface area (Å²) in [5, 5.41) is 8.56. The first-order valence-electron chi connectivity index (χ1n) is 8.79. The summed E-state index contributed by atoms with van der Waals surface area (Å²) in [6, 6.07) is 0. The molecule has 140 valence electrons. The molecule has 1 fully saturated rings. The Labute approximate surface area is 154 Å². The molecule has 2 aliphatic rings. The Morgan fingerprint density at radius 1 is 1.22 bits per heavy atom. The number of ether oxygens (including phenoxy) is 1. The molecule has 1 atom stereocenters. The summed E-state index contributed by atoms with van der Waals surface area (Å²) in [7, 11) is 1.93. The van der Waals surface area contributed by atoms with Crippen molar-refractivity contribution in [1.82, 2.24) is 34.2 Å². The van der Waals surface area contributed by atoms with Crippen LogP contribution in [0.2, 0.25) is 0 Å². The molecule has 0 saturated carbocycles. The molecule has 0 aliphatic carbocycles. The SMILES string of the molecule is Cc1ocnc1C(=O)N1CCC2(C1)Cn1c(nnc1-c1nccn1C)CO2. The highest BCUT2D eigenvalue weighted by Gasteiger charge is 2.45. The molecule has 0 bridgehead atoms. The summed E-state index contributed by atoms with van der Waals surface area (Å²) in [6.45, 7) is 3.80. The Hall–Kier alpha value is -3.01. The number of carbonyl (C=O) groups excluding carboxylic acids is 1. The number of imidazole rings is 1. The molecule has 5 rings (SSSR count). The van der Waals surface area contributed by atoms with Gasteiger partial charge in [0, 0.05) is 26.0 Å². The summed E-state index contributed by atoms with van der Waals surface area (Å²) in [6.07, 6.45) is 5.66. The molecule has 3 aromatic rings. The van der Waals surface area contributed by atoms with Crippen LogP contribution in [0.5, 0.6) is 0 Å². The Morgan fingerprint density at radius 3 is 2.85 bits per heavy atom. The lowest BCUT2D eigenvalue weighted by Gasteiger charge is -2.34. The lowest BCUT2D eigenvalue weighted by atomic mass is 10.0. The number of aryl methyl sites for hydroxylation is 2. The average molecular weight is 369 g/mol. The maximum Gasteiger partial charge on any atom is 0.276 e. The lowest BCUT2D eigenvalue weighted by Crippen LogP contribution is -2.45. The maximum absolute atomic E-state index is 12.8. The molecule has 1 amide bonds. The molecule has 10 heteroatoms. The van der Waals surface area contributed by atoms with Crippen LogP contribution in [0.25, 0.3) is 11.6 Å². The van der Waals surface area contributed by atoms with E-state index < -0.39 is 5.60 Å². The van der Waals surface area contributed by atoms with Crippen LogP contribution >= 0.6 is 0 Å². The quantitative estimate of drug-likeness (QED) is 0.658. The molecule has 1 spiro atoms. The van der Waals surface area contributed by atoms with Gasteiger partial charge in [0.1, 0.15) is 18.0 Å². The molecular weight excluding hydrogens is 350 g/mol. The fourth-order valence-corrected chi connectivity index (χ4v) is 3.83. The number of hydrogen-bond acceptors (Lipinski definition) is 7. The van der Waals surface area contributed by atoms with E-state index >= 15 is 0 Å². The van der Waals surface area contributed by atoms with E-state index in [1.54, 1.807) is 18.0 Å². The summed E-state index contributed by atoms with van der Waals surface area (Å²) in [5.74, 6) is 2.66. The van der Waals surface area contributed by atoms with Crippen molar-refractivity contribution < 1.29 is 13.9 Å². The molecule has 2 aliphatic heterocycles. The lowest BCUT2D eigenvalue weighted by molar-refractivity contribution is -0.0805. The second-order valence-electron chi connectivity index (χ2n) is 7.09. The van der Waals surface area contributed by atoms with E-state index in [-0.39, 0.29) is 5.91 Å². The van der Waals surface area contributed by atoms with Crippen molar-refractivity contribution in [3.63, 3.8) is 0 Å². The molecule has 10 nitrogen and oxygen atoms in total. The predicted molar refractivity (Wildman–Crippen MR) is 91.5 cm³/mol. The van der Waals surface area contributed by atoms with Gasteiger partial charge >= 0.3 is 0 Å². The molecule has 1 saturated heterocycles. The van der Waals surface area contributed by atoms with Crippen LogP contribution in [0, 0.1) is 6.92 Å². The van der Waals surface area contributed by atoms with E-state index in [0.717, 1.165) is 23.9 Å². The molecular formula is C17H19N7O3. The number of carbonyl (C=O) groups is 1. The molecule has 0 aromatic carbocycles. The highest BCUT2D eigenvalue weighted by atomic mass is 16.5. The largest absolute Gasteiger partial charge is 0.448 e. The zero-order valence-corrected chi connectivity index (χ0v) is 15.1. The van der Waals surface area contributed by atoms with Crippen LogP contribution in [0.1, 0.15) is 28.5 Å². The van der Waals surface area contributed by atoms with Gasteiger partial charge < -0.3 is 23.2 Å². The molecule has 1 unspecified atom stereocenters. The third-order valence-electron chi connectivity index (χ3n) is 5.35. The van der Waals surface area contributed by atoms with Crippen molar-refractivity contribution in [2.75, 3.05) is 13.1 Å². The minimum absolute atomic E-state index is 0.124. The molecule has 5 heterocycles. The Kier molecular flexibility index (Phi) is 3.44. The first-order chi connectivity index (χ1) is 13.1. The van der Waals surface area contributed by atoms with Crippen molar-refractivity contribution in [2.45, 2.75) is 32.1 Å². The fourth-order valence-electron chi connectivity index (χ4n) is 3.83. The van der Waals surface area contributed by atoms with E-state index in [1.165, 1.54) is 6.39 Å². The van der Waals surface area contributed by atoms with Crippen molar-refractivity contribution >= 4 is 5.91 Å². The van der Waals surface area contributed by atoms with Crippen LogP contribution in [0.3, 0.4) is 0 Å². The van der Waals surface area contributed by atoms with E-state index in [1.807, 2.05) is 17.8 Å². The number of likely N-dealkylation sites (tertiary alicyclic amines) is 1. The topological polar surface area (TPSA) is 104 Å². The van der Waals surface area contributed by atoms with Gasteiger partial charge in [0.05, 0.1) is 13.1 Å². The predicted octanol–water partition coefficient (Wildman–Crippen LogP) is 0.790. The van der Waals surface area contributed by atoms with Crippen LogP contribution in [-0.4, -0.2) is 58.8 Å². The zero-order chi connectivity index (χ0) is 18.6. The van der Waals surface area contributed by atoms with Crippen LogP contribution in [0.15, 0.2) is 23.2 Å². The third-order valence-corrected chi connectivity index (χ3v) is 5.35. The highest BCUT2D eigenvalue weighted by molar-refractivity contribution is 5.93. The van der Waals surface area contributed by atoms with Crippen molar-refractivity contribution in [2.24, 2.45) is 7.05 Å². The first kappa shape index (κ1) is 16.2. The van der Waals surface area contributed by atoms with Gasteiger partial charge in [0.2, 0.25) is 0 Å². The highest BCUT2D eigenvalue weighted by Crippen LogP contribution is 2.34. The zero-order valence-electron chi connectivity index (χ0n) is 15.1. The van der Waals surface area contributed by atoms with Gasteiger partial charge in [0.25, 0.3) is 5.91 Å². The number of fused-ring (bicyclic) bond motifs is 1. The molecule has 27 heavy (non-hydrogen) atoms. The van der Waals surface area contributed by atoms with Gasteiger partial charge in [-0.05, 0) is 13.3 Å². The van der Waals surface area contributed by atoms with Crippen LogP contribution in [0.4, 0.5) is 0 Å². The maximum atomic E-state index is 12.8. The Bertz CT molecular complexity index is 1020. The van der Waals surface area contributed by atoms with Gasteiger partial charge in [-0.2, -0.15) is 0 Å². The van der Waals surface area contributed by atoms with E-state index in [2.05, 4.69) is 24.7 Å². The fraction of sp³-hybridized carbons (Fsp3) is 0.471. The van der Waals surface area contributed by atoms with Crippen LogP contribution in [-0.2, 0) is 24.9 Å². The van der Waals surface area contributed by atoms with Gasteiger partial charge in [0.15, 0.2) is 29.6 Å². The summed E-state index contributed by atoms with van der Waals surface area (Å²) in [4.78, 5) is 23.0. The molecule has 0 radical (unpaired) electrons. The second-order valence-corrected chi connectivity index (χ2v) is 7.09. The Balaban J connectivity index is 1.41. The second kappa shape index (κ2) is 5.74. The average Bonchev–Trinajstić information content (AvgIpc) is 3.42. The van der Waals surface area contributed by atoms with Gasteiger partial charge in [-0.3, -0.25) is 4.79 Å². The van der Waals surface area contributed by atoms with Crippen molar-refractivity contribution in [3.05, 3.63) is 36.1 Å². The standard InChI is InChI=1S/C17H19N7O3/c1-11-13(19-10-26-11)16(25)23-5-3-17(8-23)9-24-12(7-27-17)20-21-15(24)14-18-4-6-22(14)2/h4,6,10H,3,5,7-9H2,1-2H3. The number of oxazole rings is 1. The van der Waals surface area contributed by atoms with Crippen LogP contribution < -0.4 is 0 Å². The van der Waals surface area contributed by atoms with Gasteiger partial charge in [-0.25, -0.2) is 9.97 Å². The number of rotatable bonds is 2. The summed E-state index contributed by atoms with van der Waals surface area (Å²) >= 11 is 0. The smallest absolute Gasteiger partial charge is 0.276 e. The normalized spacial score (nSPS) is 21.8. The number of aromatic nitrogens is 6. The Morgan fingerprint density at radius 2 is 2.11 bits per heavy atom. The van der Waals surface area contributed by atoms with E-state index in [4.69, 9.17) is 9.15 Å². The van der Waals surface area contributed by atoms with E-state index in [9.17, 15) is 4.79 Å². The number of hydrogen-bond donors (Lipinski definition) is 0. The molecule has 3 aromatic heterocycles. The third kappa shape index (κ3) is 2.47. The summed E-state index contributed by atoms with van der Waals surface area (Å²) < 4.78 is 15.3. The van der Waals surface area contributed by atoms with Gasteiger partial charge in [-0.1, -0.05) is 0 Å². The molecule has 0 N–H and O–H groups in total. The minimum atomic E-state index is -0.456. The first-order valence-corrected chi connectivity index (χ1v) is 8.79. The summed E-state index contributed by atoms with van der Waals surface area (Å²) in [5.41, 5.74) is -0.0932. The monoisotopic (exact) mass is 369 g/mol.